The molecule has 1 heteroatoms. The van der Waals surface area contributed by atoms with Crippen LogP contribution in [0.1, 0.15) is 43.1 Å². The number of carbonyl (C=O) groups is 1. The zero-order chi connectivity index (χ0) is 12.9. The molecule has 0 unspecified atom stereocenters. The predicted octanol–water partition coefficient (Wildman–Crippen LogP) is 4.19. The third-order valence-electron chi connectivity index (χ3n) is 5.42. The Bertz CT molecular complexity index is 524. The van der Waals surface area contributed by atoms with Gasteiger partial charge in [0.1, 0.15) is 0 Å². The maximum atomic E-state index is 11.2. The molecule has 1 saturated carbocycles. The number of aldehydes is 1. The van der Waals surface area contributed by atoms with Gasteiger partial charge >= 0.3 is 0 Å². The van der Waals surface area contributed by atoms with Crippen molar-refractivity contribution in [2.75, 3.05) is 0 Å². The predicted molar refractivity (Wildman–Crippen MR) is 74.3 cm³/mol. The van der Waals surface area contributed by atoms with E-state index in [0.717, 1.165) is 17.4 Å². The molecule has 0 saturated heterocycles. The van der Waals surface area contributed by atoms with Crippen LogP contribution >= 0.6 is 0 Å². The van der Waals surface area contributed by atoms with E-state index in [4.69, 9.17) is 0 Å². The quantitative estimate of drug-likeness (QED) is 0.708. The van der Waals surface area contributed by atoms with Crippen LogP contribution in [-0.4, -0.2) is 6.29 Å². The molecule has 1 nitrogen and oxygen atoms in total. The first-order valence-electron chi connectivity index (χ1n) is 6.82. The van der Waals surface area contributed by atoms with Gasteiger partial charge in [0.2, 0.25) is 0 Å². The van der Waals surface area contributed by atoms with Gasteiger partial charge in [-0.2, -0.15) is 0 Å². The van der Waals surface area contributed by atoms with Gasteiger partial charge in [0, 0.05) is 5.56 Å². The Kier molecular flexibility index (Phi) is 2.48. The second-order valence-electron chi connectivity index (χ2n) is 6.39. The second kappa shape index (κ2) is 3.81. The van der Waals surface area contributed by atoms with E-state index in [0.29, 0.717) is 23.2 Å². The third kappa shape index (κ3) is 1.43. The highest BCUT2D eigenvalue weighted by Crippen LogP contribution is 2.60. The summed E-state index contributed by atoms with van der Waals surface area (Å²) in [6.07, 6.45) is 4.67. The van der Waals surface area contributed by atoms with Gasteiger partial charge in [-0.05, 0) is 40.7 Å². The molecule has 2 bridgehead atoms. The summed E-state index contributed by atoms with van der Waals surface area (Å²) >= 11 is 0. The van der Waals surface area contributed by atoms with Gasteiger partial charge in [0.05, 0.1) is 0 Å². The average molecular weight is 240 g/mol. The van der Waals surface area contributed by atoms with E-state index in [1.807, 2.05) is 18.2 Å². The highest BCUT2D eigenvalue weighted by Gasteiger charge is 2.51. The Morgan fingerprint density at radius 3 is 2.61 bits per heavy atom. The fourth-order valence-electron chi connectivity index (χ4n) is 3.81. The van der Waals surface area contributed by atoms with Gasteiger partial charge in [-0.3, -0.25) is 4.79 Å². The van der Waals surface area contributed by atoms with Crippen molar-refractivity contribution < 1.29 is 4.79 Å². The molecule has 1 fully saturated rings. The molecule has 18 heavy (non-hydrogen) atoms. The van der Waals surface area contributed by atoms with Crippen LogP contribution in [-0.2, 0) is 0 Å². The lowest BCUT2D eigenvalue weighted by molar-refractivity contribution is 0.112. The Morgan fingerprint density at radius 2 is 2.00 bits per heavy atom. The standard InChI is InChI=1S/C17H20O/c1-11-15-8-13(17(11,2)3)9-16(15)14-7-5-4-6-12(14)10-18/h4-7,9-11,13,15H,8H2,1-3H3/t11-,13-,15+/m0/s1. The average Bonchev–Trinajstić information content (AvgIpc) is 2.89. The van der Waals surface area contributed by atoms with Crippen molar-refractivity contribution in [3.8, 4) is 0 Å². The van der Waals surface area contributed by atoms with Crippen LogP contribution in [0.15, 0.2) is 30.3 Å². The molecule has 2 aliphatic carbocycles. The Balaban J connectivity index is 2.06. The van der Waals surface area contributed by atoms with E-state index in [1.54, 1.807) is 0 Å². The first kappa shape index (κ1) is 11.7. The fourth-order valence-corrected chi connectivity index (χ4v) is 3.81. The molecule has 1 aromatic carbocycles. The van der Waals surface area contributed by atoms with Crippen LogP contribution in [0.3, 0.4) is 0 Å². The SMILES string of the molecule is C[C@H]1[C@H]2C[C@@H](C=C2c2ccccc2C=O)C1(C)C. The van der Waals surface area contributed by atoms with Crippen molar-refractivity contribution in [2.24, 2.45) is 23.2 Å². The lowest BCUT2D eigenvalue weighted by atomic mass is 9.69. The summed E-state index contributed by atoms with van der Waals surface area (Å²) in [7, 11) is 0. The topological polar surface area (TPSA) is 17.1 Å². The molecule has 0 amide bonds. The van der Waals surface area contributed by atoms with Crippen LogP contribution in [0, 0.1) is 23.2 Å². The van der Waals surface area contributed by atoms with E-state index in [9.17, 15) is 4.79 Å². The summed E-state index contributed by atoms with van der Waals surface area (Å²) in [6, 6.07) is 7.99. The van der Waals surface area contributed by atoms with Crippen molar-refractivity contribution in [3.05, 3.63) is 41.5 Å². The van der Waals surface area contributed by atoms with Crippen LogP contribution in [0.2, 0.25) is 0 Å². The minimum atomic E-state index is 0.407. The Labute approximate surface area is 109 Å². The van der Waals surface area contributed by atoms with Crippen LogP contribution < -0.4 is 0 Å². The molecule has 94 valence electrons. The zero-order valence-electron chi connectivity index (χ0n) is 11.3. The zero-order valence-corrected chi connectivity index (χ0v) is 11.3. The number of hydrogen-bond acceptors (Lipinski definition) is 1. The number of carbonyl (C=O) groups excluding carboxylic acids is 1. The highest BCUT2D eigenvalue weighted by molar-refractivity contribution is 5.87. The van der Waals surface area contributed by atoms with Gasteiger partial charge in [-0.15, -0.1) is 0 Å². The van der Waals surface area contributed by atoms with Crippen LogP contribution in [0.25, 0.3) is 5.57 Å². The summed E-state index contributed by atoms with van der Waals surface area (Å²) in [5.41, 5.74) is 3.81. The maximum absolute atomic E-state index is 11.2. The number of allylic oxidation sites excluding steroid dienone is 2. The van der Waals surface area contributed by atoms with Gasteiger partial charge in [-0.25, -0.2) is 0 Å². The minimum Gasteiger partial charge on any atom is -0.298 e. The summed E-state index contributed by atoms with van der Waals surface area (Å²) in [5, 5.41) is 0. The van der Waals surface area contributed by atoms with Crippen LogP contribution in [0.5, 0.6) is 0 Å². The smallest absolute Gasteiger partial charge is 0.150 e. The largest absolute Gasteiger partial charge is 0.298 e. The molecule has 1 aromatic rings. The van der Waals surface area contributed by atoms with E-state index >= 15 is 0 Å². The molecule has 0 spiro atoms. The minimum absolute atomic E-state index is 0.407. The molecule has 0 aromatic heterocycles. The number of rotatable bonds is 2. The van der Waals surface area contributed by atoms with E-state index < -0.39 is 0 Å². The second-order valence-corrected chi connectivity index (χ2v) is 6.39. The van der Waals surface area contributed by atoms with Gasteiger partial charge in [0.25, 0.3) is 0 Å². The lowest BCUT2D eigenvalue weighted by Gasteiger charge is -2.35. The van der Waals surface area contributed by atoms with Crippen molar-refractivity contribution in [2.45, 2.75) is 27.2 Å². The number of hydrogen-bond donors (Lipinski definition) is 0. The highest BCUT2D eigenvalue weighted by atomic mass is 16.1. The molecule has 3 rings (SSSR count). The molecule has 3 atom stereocenters. The lowest BCUT2D eigenvalue weighted by Crippen LogP contribution is -2.27. The summed E-state index contributed by atoms with van der Waals surface area (Å²) < 4.78 is 0. The fraction of sp³-hybridized carbons (Fsp3) is 0.471. The van der Waals surface area contributed by atoms with Crippen LogP contribution in [0.4, 0.5) is 0 Å². The molecule has 2 aliphatic rings. The molecular formula is C17H20O. The van der Waals surface area contributed by atoms with Gasteiger partial charge in [-0.1, -0.05) is 51.1 Å². The third-order valence-corrected chi connectivity index (χ3v) is 5.42. The summed E-state index contributed by atoms with van der Waals surface area (Å²) in [4.78, 5) is 11.2. The first-order valence-corrected chi connectivity index (χ1v) is 6.82. The Morgan fingerprint density at radius 1 is 1.28 bits per heavy atom. The van der Waals surface area contributed by atoms with Crippen molar-refractivity contribution in [1.29, 1.82) is 0 Å². The van der Waals surface area contributed by atoms with Crippen molar-refractivity contribution >= 4 is 11.9 Å². The summed E-state index contributed by atoms with van der Waals surface area (Å²) in [6.45, 7) is 7.11. The molecule has 0 N–H and O–H groups in total. The molecular weight excluding hydrogens is 220 g/mol. The van der Waals surface area contributed by atoms with Gasteiger partial charge in [0.15, 0.2) is 6.29 Å². The van der Waals surface area contributed by atoms with Crippen molar-refractivity contribution in [1.82, 2.24) is 0 Å². The summed E-state index contributed by atoms with van der Waals surface area (Å²) in [5.74, 6) is 2.00. The number of fused-ring (bicyclic) bond motifs is 2. The number of benzene rings is 1. The molecule has 0 aliphatic heterocycles. The van der Waals surface area contributed by atoms with Crippen molar-refractivity contribution in [3.63, 3.8) is 0 Å². The van der Waals surface area contributed by atoms with E-state index in [1.165, 1.54) is 12.0 Å². The van der Waals surface area contributed by atoms with Gasteiger partial charge < -0.3 is 0 Å². The molecule has 0 heterocycles. The Hall–Kier alpha value is -1.37. The normalized spacial score (nSPS) is 32.4. The molecule has 0 radical (unpaired) electrons. The van der Waals surface area contributed by atoms with E-state index in [2.05, 4.69) is 32.9 Å². The monoisotopic (exact) mass is 240 g/mol. The first-order chi connectivity index (χ1) is 8.55. The maximum Gasteiger partial charge on any atom is 0.150 e. The van der Waals surface area contributed by atoms with E-state index in [-0.39, 0.29) is 0 Å².